The maximum Gasteiger partial charge on any atom is 0.254 e. The number of amides is 1. The zero-order valence-electron chi connectivity index (χ0n) is 14.6. The summed E-state index contributed by atoms with van der Waals surface area (Å²) in [7, 11) is 2.15. The summed E-state index contributed by atoms with van der Waals surface area (Å²) in [5.74, 6) is 0.466. The summed E-state index contributed by atoms with van der Waals surface area (Å²) in [5, 5.41) is 2.94. The smallest absolute Gasteiger partial charge is 0.254 e. The Bertz CT molecular complexity index is 668. The molecule has 2 aromatic rings. The van der Waals surface area contributed by atoms with E-state index >= 15 is 0 Å². The first kappa shape index (κ1) is 17.4. The van der Waals surface area contributed by atoms with Crippen LogP contribution in [-0.2, 0) is 0 Å². The van der Waals surface area contributed by atoms with Crippen molar-refractivity contribution in [3.63, 3.8) is 0 Å². The topological polar surface area (TPSA) is 74.2 Å². The Balaban J connectivity index is 1.42. The molecular formula is C18H24N6O. The van der Waals surface area contributed by atoms with Crippen molar-refractivity contribution in [1.29, 1.82) is 0 Å². The van der Waals surface area contributed by atoms with E-state index in [1.807, 2.05) is 12.1 Å². The second-order valence-electron chi connectivity index (χ2n) is 6.29. The Kier molecular flexibility index (Phi) is 6.03. The van der Waals surface area contributed by atoms with Gasteiger partial charge in [0.1, 0.15) is 0 Å². The molecule has 0 aliphatic carbocycles. The van der Waals surface area contributed by atoms with Crippen LogP contribution in [-0.4, -0.2) is 77.0 Å². The van der Waals surface area contributed by atoms with E-state index < -0.39 is 0 Å². The third-order valence-electron chi connectivity index (χ3n) is 4.39. The first-order valence-corrected chi connectivity index (χ1v) is 8.64. The van der Waals surface area contributed by atoms with Crippen molar-refractivity contribution < 1.29 is 4.79 Å². The van der Waals surface area contributed by atoms with Crippen LogP contribution >= 0.6 is 0 Å². The fraction of sp³-hybridized carbons (Fsp3) is 0.444. The van der Waals surface area contributed by atoms with E-state index in [1.165, 1.54) is 0 Å². The molecule has 1 aliphatic heterocycles. The molecule has 3 rings (SSSR count). The molecule has 132 valence electrons. The van der Waals surface area contributed by atoms with Crippen molar-refractivity contribution in [1.82, 2.24) is 30.1 Å². The summed E-state index contributed by atoms with van der Waals surface area (Å²) in [6.45, 7) is 6.13. The molecule has 7 nitrogen and oxygen atoms in total. The monoisotopic (exact) mass is 340 g/mol. The summed E-state index contributed by atoms with van der Waals surface area (Å²) in [5.41, 5.74) is 1.37. The number of likely N-dealkylation sites (N-methyl/N-ethyl adjacent to an activating group) is 1. The van der Waals surface area contributed by atoms with Crippen molar-refractivity contribution >= 4 is 5.91 Å². The number of piperazine rings is 1. The van der Waals surface area contributed by atoms with E-state index in [0.29, 0.717) is 17.9 Å². The highest BCUT2D eigenvalue weighted by Crippen LogP contribution is 2.12. The van der Waals surface area contributed by atoms with Crippen LogP contribution < -0.4 is 5.32 Å². The number of nitrogens with zero attached hydrogens (tertiary/aromatic N) is 5. The Hall–Kier alpha value is -2.38. The first-order chi connectivity index (χ1) is 12.2. The van der Waals surface area contributed by atoms with E-state index in [0.717, 1.165) is 44.7 Å². The summed E-state index contributed by atoms with van der Waals surface area (Å²) < 4.78 is 0. The number of hydrogen-bond acceptors (Lipinski definition) is 6. The lowest BCUT2D eigenvalue weighted by atomic mass is 10.2. The van der Waals surface area contributed by atoms with Crippen LogP contribution in [0.3, 0.4) is 0 Å². The van der Waals surface area contributed by atoms with Gasteiger partial charge in [-0.3, -0.25) is 9.78 Å². The number of hydrogen-bond donors (Lipinski definition) is 1. The number of pyridine rings is 1. The first-order valence-electron chi connectivity index (χ1n) is 8.64. The number of carbonyl (C=O) groups is 1. The average molecular weight is 340 g/mol. The molecule has 3 heterocycles. The van der Waals surface area contributed by atoms with Gasteiger partial charge in [0.05, 0.1) is 5.56 Å². The van der Waals surface area contributed by atoms with Gasteiger partial charge in [0.25, 0.3) is 5.91 Å². The lowest BCUT2D eigenvalue weighted by Gasteiger charge is -2.32. The minimum Gasteiger partial charge on any atom is -0.352 e. The van der Waals surface area contributed by atoms with Crippen molar-refractivity contribution in [2.75, 3.05) is 46.3 Å². The van der Waals surface area contributed by atoms with Gasteiger partial charge in [0, 0.05) is 63.1 Å². The maximum atomic E-state index is 12.2. The third-order valence-corrected chi connectivity index (χ3v) is 4.39. The molecule has 0 aromatic carbocycles. The molecule has 2 aromatic heterocycles. The average Bonchev–Trinajstić information content (AvgIpc) is 2.67. The van der Waals surface area contributed by atoms with Gasteiger partial charge in [-0.15, -0.1) is 0 Å². The van der Waals surface area contributed by atoms with Crippen LogP contribution in [0.25, 0.3) is 11.4 Å². The van der Waals surface area contributed by atoms with Crippen LogP contribution in [0, 0.1) is 0 Å². The minimum absolute atomic E-state index is 0.125. The molecule has 1 amide bonds. The largest absolute Gasteiger partial charge is 0.352 e. The van der Waals surface area contributed by atoms with Gasteiger partial charge in [0.2, 0.25) is 0 Å². The predicted octanol–water partition coefficient (Wildman–Crippen LogP) is 0.906. The second kappa shape index (κ2) is 8.64. The standard InChI is InChI=1S/C18H24N6O/c1-23-9-11-24(12-10-23)8-2-5-20-18(25)16-13-21-17(22-14-16)15-3-6-19-7-4-15/h3-4,6-7,13-14H,2,5,8-12H2,1H3,(H,20,25). The van der Waals surface area contributed by atoms with Gasteiger partial charge in [-0.1, -0.05) is 0 Å². The Labute approximate surface area is 148 Å². The van der Waals surface area contributed by atoms with Crippen molar-refractivity contribution in [3.8, 4) is 11.4 Å². The van der Waals surface area contributed by atoms with Crippen LogP contribution in [0.1, 0.15) is 16.8 Å². The Morgan fingerprint density at radius 2 is 1.80 bits per heavy atom. The van der Waals surface area contributed by atoms with E-state index in [9.17, 15) is 4.79 Å². The molecule has 0 bridgehead atoms. The summed E-state index contributed by atoms with van der Waals surface area (Å²) in [6.07, 6.45) is 7.47. The highest BCUT2D eigenvalue weighted by Gasteiger charge is 2.13. The number of aromatic nitrogens is 3. The molecule has 1 aliphatic rings. The van der Waals surface area contributed by atoms with E-state index in [4.69, 9.17) is 0 Å². The number of carbonyl (C=O) groups excluding carboxylic acids is 1. The molecule has 1 fully saturated rings. The summed E-state index contributed by atoms with van der Waals surface area (Å²) in [6, 6.07) is 3.68. The van der Waals surface area contributed by atoms with Crippen molar-refractivity contribution in [2.45, 2.75) is 6.42 Å². The van der Waals surface area contributed by atoms with Crippen LogP contribution in [0.5, 0.6) is 0 Å². The fourth-order valence-electron chi connectivity index (χ4n) is 2.77. The van der Waals surface area contributed by atoms with Crippen LogP contribution in [0.4, 0.5) is 0 Å². The molecule has 0 saturated carbocycles. The zero-order chi connectivity index (χ0) is 17.5. The van der Waals surface area contributed by atoms with Crippen molar-refractivity contribution in [2.24, 2.45) is 0 Å². The number of nitrogens with one attached hydrogen (secondary N) is 1. The van der Waals surface area contributed by atoms with Crippen LogP contribution in [0.15, 0.2) is 36.9 Å². The summed E-state index contributed by atoms with van der Waals surface area (Å²) >= 11 is 0. The minimum atomic E-state index is -0.125. The van der Waals surface area contributed by atoms with Gasteiger partial charge in [0.15, 0.2) is 5.82 Å². The maximum absolute atomic E-state index is 12.2. The SMILES string of the molecule is CN1CCN(CCCNC(=O)c2cnc(-c3ccncc3)nc2)CC1. The molecule has 0 spiro atoms. The third kappa shape index (κ3) is 5.04. The molecule has 7 heteroatoms. The Morgan fingerprint density at radius 3 is 2.48 bits per heavy atom. The van der Waals surface area contributed by atoms with Crippen LogP contribution in [0.2, 0.25) is 0 Å². The molecule has 0 radical (unpaired) electrons. The summed E-state index contributed by atoms with van der Waals surface area (Å²) in [4.78, 5) is 29.5. The normalized spacial score (nSPS) is 15.9. The molecule has 1 N–H and O–H groups in total. The molecule has 0 atom stereocenters. The molecule has 0 unspecified atom stereocenters. The fourth-order valence-corrected chi connectivity index (χ4v) is 2.77. The quantitative estimate of drug-likeness (QED) is 0.788. The molecule has 25 heavy (non-hydrogen) atoms. The van der Waals surface area contributed by atoms with Gasteiger partial charge >= 0.3 is 0 Å². The lowest BCUT2D eigenvalue weighted by molar-refractivity contribution is 0.0948. The highest BCUT2D eigenvalue weighted by atomic mass is 16.1. The highest BCUT2D eigenvalue weighted by molar-refractivity contribution is 5.93. The zero-order valence-corrected chi connectivity index (χ0v) is 14.6. The number of rotatable bonds is 6. The van der Waals surface area contributed by atoms with E-state index in [1.54, 1.807) is 24.8 Å². The molecule has 1 saturated heterocycles. The Morgan fingerprint density at radius 1 is 1.12 bits per heavy atom. The molecular weight excluding hydrogens is 316 g/mol. The second-order valence-corrected chi connectivity index (χ2v) is 6.29. The predicted molar refractivity (Wildman–Crippen MR) is 96.2 cm³/mol. The van der Waals surface area contributed by atoms with Gasteiger partial charge in [-0.25, -0.2) is 9.97 Å². The lowest BCUT2D eigenvalue weighted by Crippen LogP contribution is -2.45. The van der Waals surface area contributed by atoms with E-state index in [-0.39, 0.29) is 5.91 Å². The van der Waals surface area contributed by atoms with Crippen molar-refractivity contribution in [3.05, 3.63) is 42.5 Å². The van der Waals surface area contributed by atoms with Gasteiger partial charge < -0.3 is 15.1 Å². The van der Waals surface area contributed by atoms with Gasteiger partial charge in [-0.05, 0) is 32.1 Å². The van der Waals surface area contributed by atoms with Gasteiger partial charge in [-0.2, -0.15) is 0 Å². The van der Waals surface area contributed by atoms with E-state index in [2.05, 4.69) is 37.1 Å².